The van der Waals surface area contributed by atoms with Crippen LogP contribution in [0.5, 0.6) is 0 Å². The molecule has 0 aromatic heterocycles. The van der Waals surface area contributed by atoms with Crippen LogP contribution in [0.15, 0.2) is 0 Å². The summed E-state index contributed by atoms with van der Waals surface area (Å²) in [7, 11) is -1.16. The number of hydrogen-bond acceptors (Lipinski definition) is 2. The topological polar surface area (TPSA) is 18.5 Å². The summed E-state index contributed by atoms with van der Waals surface area (Å²) in [6.07, 6.45) is 3.10. The first-order chi connectivity index (χ1) is 6.58. The molecule has 1 rings (SSSR count). The molecule has 1 aliphatic rings. The van der Waals surface area contributed by atoms with E-state index in [0.29, 0.717) is 0 Å². The third-order valence-corrected chi connectivity index (χ3v) is 2.82. The molecule has 1 fully saturated rings. The number of rotatable bonds is 3. The van der Waals surface area contributed by atoms with Crippen molar-refractivity contribution in [2.75, 3.05) is 13.2 Å². The lowest BCUT2D eigenvalue weighted by molar-refractivity contribution is -0.0474. The summed E-state index contributed by atoms with van der Waals surface area (Å²) >= 11 is 0. The lowest BCUT2D eigenvalue weighted by atomic mass is 10.2. The Morgan fingerprint density at radius 3 is 2.43 bits per heavy atom. The molecule has 1 heterocycles. The normalized spacial score (nSPS) is 17.9. The standard InChI is InChI=1S/C11H20O2Si/c1-14(2,3)10-6-4-5-7-11-12-8-9-13-11/h11H,4-5,7-9H2,1-3H3. The fourth-order valence-electron chi connectivity index (χ4n) is 1.26. The summed E-state index contributed by atoms with van der Waals surface area (Å²) in [4.78, 5) is 0. The smallest absolute Gasteiger partial charge is 0.157 e. The van der Waals surface area contributed by atoms with E-state index in [1.54, 1.807) is 0 Å². The van der Waals surface area contributed by atoms with Gasteiger partial charge in [-0.3, -0.25) is 0 Å². The van der Waals surface area contributed by atoms with Crippen LogP contribution in [0.1, 0.15) is 19.3 Å². The second kappa shape index (κ2) is 5.55. The molecular weight excluding hydrogens is 192 g/mol. The van der Waals surface area contributed by atoms with Gasteiger partial charge in [-0.1, -0.05) is 19.6 Å². The molecule has 80 valence electrons. The molecule has 3 heteroatoms. The Morgan fingerprint density at radius 1 is 1.21 bits per heavy atom. The zero-order valence-electron chi connectivity index (χ0n) is 9.43. The van der Waals surface area contributed by atoms with Crippen LogP contribution in [-0.2, 0) is 9.47 Å². The molecule has 0 saturated carbocycles. The van der Waals surface area contributed by atoms with E-state index in [1.165, 1.54) is 0 Å². The van der Waals surface area contributed by atoms with Gasteiger partial charge in [-0.05, 0) is 12.8 Å². The lowest BCUT2D eigenvalue weighted by Gasteiger charge is -2.06. The Labute approximate surface area is 88.0 Å². The minimum atomic E-state index is -1.16. The van der Waals surface area contributed by atoms with Crippen LogP contribution in [0, 0.1) is 11.5 Å². The predicted molar refractivity (Wildman–Crippen MR) is 60.7 cm³/mol. The fraction of sp³-hybridized carbons (Fsp3) is 0.818. The molecular formula is C11H20O2Si. The molecule has 0 bridgehead atoms. The highest BCUT2D eigenvalue weighted by molar-refractivity contribution is 6.83. The van der Waals surface area contributed by atoms with E-state index in [4.69, 9.17) is 9.47 Å². The summed E-state index contributed by atoms with van der Waals surface area (Å²) in [5.74, 6) is 3.25. The Bertz CT molecular complexity index is 216. The van der Waals surface area contributed by atoms with E-state index in [9.17, 15) is 0 Å². The van der Waals surface area contributed by atoms with Crippen LogP contribution < -0.4 is 0 Å². The van der Waals surface area contributed by atoms with Gasteiger partial charge in [0.2, 0.25) is 0 Å². The maximum Gasteiger partial charge on any atom is 0.157 e. The molecule has 0 N–H and O–H groups in total. The lowest BCUT2D eigenvalue weighted by Crippen LogP contribution is -2.16. The average Bonchev–Trinajstić information content (AvgIpc) is 2.54. The number of hydrogen-bond donors (Lipinski definition) is 0. The molecule has 1 saturated heterocycles. The molecule has 0 spiro atoms. The van der Waals surface area contributed by atoms with E-state index in [-0.39, 0.29) is 6.29 Å². The van der Waals surface area contributed by atoms with Crippen LogP contribution in [0.4, 0.5) is 0 Å². The van der Waals surface area contributed by atoms with Crippen molar-refractivity contribution in [3.63, 3.8) is 0 Å². The van der Waals surface area contributed by atoms with E-state index < -0.39 is 8.07 Å². The fourth-order valence-corrected chi connectivity index (χ4v) is 1.91. The molecule has 14 heavy (non-hydrogen) atoms. The highest BCUT2D eigenvalue weighted by Gasteiger charge is 2.14. The molecule has 1 aliphatic heterocycles. The van der Waals surface area contributed by atoms with Gasteiger partial charge in [-0.2, -0.15) is 0 Å². The maximum atomic E-state index is 5.34. The zero-order valence-corrected chi connectivity index (χ0v) is 10.4. The van der Waals surface area contributed by atoms with Gasteiger partial charge in [0.1, 0.15) is 8.07 Å². The van der Waals surface area contributed by atoms with E-state index in [2.05, 4.69) is 31.1 Å². The predicted octanol–water partition coefficient (Wildman–Crippen LogP) is 2.41. The van der Waals surface area contributed by atoms with Crippen LogP contribution in [0.3, 0.4) is 0 Å². The SMILES string of the molecule is C[Si](C)(C)C#CCCCC1OCCO1. The minimum Gasteiger partial charge on any atom is -0.350 e. The van der Waals surface area contributed by atoms with Crippen molar-refractivity contribution in [3.8, 4) is 11.5 Å². The molecule has 0 amide bonds. The second-order valence-corrected chi connectivity index (χ2v) is 9.37. The summed E-state index contributed by atoms with van der Waals surface area (Å²) in [5.41, 5.74) is 3.35. The van der Waals surface area contributed by atoms with Gasteiger partial charge in [0, 0.05) is 6.42 Å². The molecule has 0 radical (unpaired) electrons. The zero-order chi connectivity index (χ0) is 10.4. The monoisotopic (exact) mass is 212 g/mol. The van der Waals surface area contributed by atoms with Gasteiger partial charge in [-0.15, -0.1) is 11.5 Å². The van der Waals surface area contributed by atoms with Gasteiger partial charge < -0.3 is 9.47 Å². The third kappa shape index (κ3) is 5.43. The minimum absolute atomic E-state index is 0.0451. The first-order valence-electron chi connectivity index (χ1n) is 5.31. The first kappa shape index (κ1) is 11.8. The van der Waals surface area contributed by atoms with Crippen molar-refractivity contribution in [1.29, 1.82) is 0 Å². The van der Waals surface area contributed by atoms with Crippen molar-refractivity contribution in [2.24, 2.45) is 0 Å². The number of unbranched alkanes of at least 4 members (excludes halogenated alkanes) is 1. The summed E-state index contributed by atoms with van der Waals surface area (Å²) < 4.78 is 10.7. The first-order valence-corrected chi connectivity index (χ1v) is 8.81. The van der Waals surface area contributed by atoms with Crippen LogP contribution in [-0.4, -0.2) is 27.6 Å². The number of ether oxygens (including phenoxy) is 2. The molecule has 0 aromatic rings. The van der Waals surface area contributed by atoms with Gasteiger partial charge in [0.25, 0.3) is 0 Å². The van der Waals surface area contributed by atoms with Crippen LogP contribution in [0.2, 0.25) is 19.6 Å². The highest BCUT2D eigenvalue weighted by atomic mass is 28.3. The third-order valence-electron chi connectivity index (χ3n) is 1.90. The van der Waals surface area contributed by atoms with Crippen molar-refractivity contribution in [2.45, 2.75) is 45.2 Å². The van der Waals surface area contributed by atoms with Gasteiger partial charge >= 0.3 is 0 Å². The molecule has 0 unspecified atom stereocenters. The van der Waals surface area contributed by atoms with Crippen molar-refractivity contribution < 1.29 is 9.47 Å². The van der Waals surface area contributed by atoms with Gasteiger partial charge in [-0.25, -0.2) is 0 Å². The maximum absolute atomic E-state index is 5.34. The summed E-state index contributed by atoms with van der Waals surface area (Å²) in [5, 5.41) is 0. The Morgan fingerprint density at radius 2 is 1.86 bits per heavy atom. The van der Waals surface area contributed by atoms with E-state index >= 15 is 0 Å². The van der Waals surface area contributed by atoms with Gasteiger partial charge in [0.05, 0.1) is 13.2 Å². The van der Waals surface area contributed by atoms with Crippen molar-refractivity contribution in [1.82, 2.24) is 0 Å². The van der Waals surface area contributed by atoms with Crippen molar-refractivity contribution in [3.05, 3.63) is 0 Å². The molecule has 0 aromatic carbocycles. The summed E-state index contributed by atoms with van der Waals surface area (Å²) in [6, 6.07) is 0. The highest BCUT2D eigenvalue weighted by Crippen LogP contribution is 2.11. The Kier molecular flexibility index (Phi) is 4.66. The molecule has 2 nitrogen and oxygen atoms in total. The summed E-state index contributed by atoms with van der Waals surface area (Å²) in [6.45, 7) is 8.31. The molecule has 0 atom stereocenters. The van der Waals surface area contributed by atoms with Gasteiger partial charge in [0.15, 0.2) is 6.29 Å². The molecule has 0 aliphatic carbocycles. The largest absolute Gasteiger partial charge is 0.350 e. The van der Waals surface area contributed by atoms with E-state index in [0.717, 1.165) is 32.5 Å². The quantitative estimate of drug-likeness (QED) is 0.406. The van der Waals surface area contributed by atoms with Crippen LogP contribution in [0.25, 0.3) is 0 Å². The average molecular weight is 212 g/mol. The Hall–Kier alpha value is -0.303. The Balaban J connectivity index is 2.05. The van der Waals surface area contributed by atoms with Crippen molar-refractivity contribution >= 4 is 8.07 Å². The second-order valence-electron chi connectivity index (χ2n) is 4.62. The van der Waals surface area contributed by atoms with E-state index in [1.807, 2.05) is 0 Å². The van der Waals surface area contributed by atoms with Crippen LogP contribution >= 0.6 is 0 Å².